The molecule has 2 atom stereocenters. The molecule has 2 unspecified atom stereocenters. The molecule has 9 nitrogen and oxygen atoms in total. The highest BCUT2D eigenvalue weighted by molar-refractivity contribution is 7.47. The van der Waals surface area contributed by atoms with Gasteiger partial charge in [-0.1, -0.05) is 90.4 Å². The topological polar surface area (TPSA) is 138 Å². The predicted octanol–water partition coefficient (Wildman–Crippen LogP) is 6.22. The second kappa shape index (κ2) is 26.1. The van der Waals surface area contributed by atoms with E-state index in [1.54, 1.807) is 0 Å². The van der Waals surface area contributed by atoms with Crippen molar-refractivity contribution in [3.05, 3.63) is 0 Å². The largest absolute Gasteiger partial charge is 0.481 e. The van der Waals surface area contributed by atoms with Crippen molar-refractivity contribution >= 4 is 13.8 Å². The highest BCUT2D eigenvalue weighted by atomic mass is 31.2. The van der Waals surface area contributed by atoms with Gasteiger partial charge in [0.25, 0.3) is 0 Å². The van der Waals surface area contributed by atoms with Crippen LogP contribution in [0.25, 0.3) is 0 Å². The van der Waals surface area contributed by atoms with Gasteiger partial charge in [0.05, 0.1) is 19.8 Å². The zero-order valence-electron chi connectivity index (χ0n) is 22.7. The molecule has 0 aliphatic carbocycles. The number of hydrogen-bond acceptors (Lipinski definition) is 7. The second-order valence-electron chi connectivity index (χ2n) is 9.40. The summed E-state index contributed by atoms with van der Waals surface area (Å²) < 4.78 is 33.0. The maximum Gasteiger partial charge on any atom is 0.472 e. The van der Waals surface area contributed by atoms with Gasteiger partial charge in [-0.3, -0.25) is 13.8 Å². The number of phosphoric ester groups is 1. The molecule has 0 aliphatic rings. The Morgan fingerprint density at radius 2 is 1.28 bits per heavy atom. The molecule has 0 rings (SSSR count). The molecule has 0 aliphatic heterocycles. The van der Waals surface area contributed by atoms with E-state index in [2.05, 4.69) is 6.92 Å². The summed E-state index contributed by atoms with van der Waals surface area (Å²) in [6, 6.07) is 0. The van der Waals surface area contributed by atoms with Crippen LogP contribution >= 0.6 is 7.82 Å². The monoisotopic (exact) mass is 539 g/mol. The number of carboxylic acid groups (broad SMARTS) is 1. The number of carbonyl (C=O) groups is 1. The normalized spacial score (nSPS) is 14.1. The fraction of sp³-hybridized carbons (Fsp3) is 0.962. The average molecular weight is 540 g/mol. The molecule has 4 N–H and O–H groups in total. The summed E-state index contributed by atoms with van der Waals surface area (Å²) in [6.45, 7) is 3.28. The Hall–Kier alpha value is -0.540. The summed E-state index contributed by atoms with van der Waals surface area (Å²) in [7, 11) is -4.19. The number of phosphoric acid groups is 1. The van der Waals surface area contributed by atoms with Gasteiger partial charge in [0, 0.05) is 26.2 Å². The SMILES string of the molecule is CCCCCCCCCCCCCCCCOCC(COP(=O)(O)OCCN)OCCCCC(=O)O. The molecule has 216 valence electrons. The van der Waals surface area contributed by atoms with Gasteiger partial charge in [-0.05, 0) is 19.3 Å². The van der Waals surface area contributed by atoms with Crippen molar-refractivity contribution in [2.75, 3.05) is 39.6 Å². The molecule has 0 fully saturated rings. The molecular formula is C26H54NO8P. The van der Waals surface area contributed by atoms with Gasteiger partial charge in [-0.25, -0.2) is 4.57 Å². The smallest absolute Gasteiger partial charge is 0.472 e. The molecule has 0 amide bonds. The van der Waals surface area contributed by atoms with E-state index in [4.69, 9.17) is 29.4 Å². The van der Waals surface area contributed by atoms with Gasteiger partial charge < -0.3 is 25.2 Å². The van der Waals surface area contributed by atoms with E-state index in [0.29, 0.717) is 26.1 Å². The van der Waals surface area contributed by atoms with Crippen LogP contribution in [0.5, 0.6) is 0 Å². The first kappa shape index (κ1) is 35.5. The minimum atomic E-state index is -4.19. The standard InChI is InChI=1S/C26H54NO8P/c1-2-3-4-5-6-7-8-9-10-11-12-13-14-16-20-32-23-25(33-21-17-15-18-26(28)29)24-35-36(30,31)34-22-19-27/h25H,2-24,27H2,1H3,(H,28,29)(H,30,31). The number of hydrogen-bond donors (Lipinski definition) is 3. The molecule has 0 bridgehead atoms. The summed E-state index contributed by atoms with van der Waals surface area (Å²) in [5.74, 6) is -0.843. The zero-order valence-corrected chi connectivity index (χ0v) is 23.6. The molecule has 0 spiro atoms. The highest BCUT2D eigenvalue weighted by Crippen LogP contribution is 2.43. The van der Waals surface area contributed by atoms with Gasteiger partial charge in [-0.15, -0.1) is 0 Å². The first-order valence-electron chi connectivity index (χ1n) is 14.1. The lowest BCUT2D eigenvalue weighted by molar-refractivity contribution is -0.137. The number of carboxylic acids is 1. The third-order valence-corrected chi connectivity index (χ3v) is 6.86. The van der Waals surface area contributed by atoms with Gasteiger partial charge in [0.15, 0.2) is 0 Å². The second-order valence-corrected chi connectivity index (χ2v) is 10.9. The molecule has 10 heteroatoms. The first-order valence-corrected chi connectivity index (χ1v) is 15.6. The number of nitrogens with two attached hydrogens (primary N) is 1. The minimum Gasteiger partial charge on any atom is -0.481 e. The Labute approximate surface area is 219 Å². The molecule has 0 radical (unpaired) electrons. The Balaban J connectivity index is 3.85. The van der Waals surface area contributed by atoms with Crippen LogP contribution < -0.4 is 5.73 Å². The van der Waals surface area contributed by atoms with Gasteiger partial charge in [-0.2, -0.15) is 0 Å². The van der Waals surface area contributed by atoms with Crippen LogP contribution in [-0.4, -0.2) is 61.7 Å². The van der Waals surface area contributed by atoms with E-state index in [1.807, 2.05) is 0 Å². The van der Waals surface area contributed by atoms with Crippen LogP contribution in [-0.2, 0) is 27.9 Å². The van der Waals surface area contributed by atoms with E-state index in [1.165, 1.54) is 77.0 Å². The van der Waals surface area contributed by atoms with Crippen LogP contribution in [0.15, 0.2) is 0 Å². The van der Waals surface area contributed by atoms with Crippen molar-refractivity contribution in [3.63, 3.8) is 0 Å². The van der Waals surface area contributed by atoms with Crippen molar-refractivity contribution in [2.24, 2.45) is 5.73 Å². The molecular weight excluding hydrogens is 485 g/mol. The number of ether oxygens (including phenoxy) is 2. The lowest BCUT2D eigenvalue weighted by Crippen LogP contribution is -2.26. The van der Waals surface area contributed by atoms with Crippen LogP contribution in [0, 0.1) is 0 Å². The van der Waals surface area contributed by atoms with Crippen molar-refractivity contribution < 1.29 is 37.9 Å². The van der Waals surface area contributed by atoms with E-state index < -0.39 is 19.9 Å². The summed E-state index contributed by atoms with van der Waals surface area (Å²) in [5.41, 5.74) is 5.28. The summed E-state index contributed by atoms with van der Waals surface area (Å²) in [6.07, 6.45) is 18.8. The maximum absolute atomic E-state index is 11.8. The molecule has 0 aromatic heterocycles. The molecule has 0 saturated carbocycles. The van der Waals surface area contributed by atoms with E-state index in [-0.39, 0.29) is 32.8 Å². The lowest BCUT2D eigenvalue weighted by atomic mass is 10.0. The van der Waals surface area contributed by atoms with Gasteiger partial charge in [0.1, 0.15) is 6.10 Å². The molecule has 0 saturated heterocycles. The Morgan fingerprint density at radius 3 is 1.81 bits per heavy atom. The molecule has 0 aromatic rings. The van der Waals surface area contributed by atoms with Gasteiger partial charge >= 0.3 is 13.8 Å². The van der Waals surface area contributed by atoms with Crippen molar-refractivity contribution in [1.29, 1.82) is 0 Å². The van der Waals surface area contributed by atoms with E-state index in [9.17, 15) is 14.3 Å². The summed E-state index contributed by atoms with van der Waals surface area (Å²) in [4.78, 5) is 20.3. The maximum atomic E-state index is 11.8. The van der Waals surface area contributed by atoms with Crippen LogP contribution in [0.2, 0.25) is 0 Å². The number of aliphatic carboxylic acids is 1. The predicted molar refractivity (Wildman–Crippen MR) is 143 cm³/mol. The quantitative estimate of drug-likeness (QED) is 0.0747. The van der Waals surface area contributed by atoms with Crippen molar-refractivity contribution in [3.8, 4) is 0 Å². The van der Waals surface area contributed by atoms with E-state index in [0.717, 1.165) is 12.8 Å². The van der Waals surface area contributed by atoms with Crippen LogP contribution in [0.1, 0.15) is 116 Å². The van der Waals surface area contributed by atoms with E-state index >= 15 is 0 Å². The minimum absolute atomic E-state index is 0.0793. The summed E-state index contributed by atoms with van der Waals surface area (Å²) >= 11 is 0. The lowest BCUT2D eigenvalue weighted by Gasteiger charge is -2.20. The first-order chi connectivity index (χ1) is 17.4. The van der Waals surface area contributed by atoms with Gasteiger partial charge in [0.2, 0.25) is 0 Å². The molecule has 0 heterocycles. The summed E-state index contributed by atoms with van der Waals surface area (Å²) in [5, 5.41) is 8.71. The third-order valence-electron chi connectivity index (χ3n) is 5.88. The Bertz CT molecular complexity index is 538. The fourth-order valence-corrected chi connectivity index (χ4v) is 4.53. The van der Waals surface area contributed by atoms with Crippen molar-refractivity contribution in [1.82, 2.24) is 0 Å². The third kappa shape index (κ3) is 26.5. The average Bonchev–Trinajstić information content (AvgIpc) is 2.84. The number of unbranched alkanes of at least 4 members (excludes halogenated alkanes) is 14. The molecule has 0 aromatic carbocycles. The Kier molecular flexibility index (Phi) is 25.7. The van der Waals surface area contributed by atoms with Crippen LogP contribution in [0.3, 0.4) is 0 Å². The fourth-order valence-electron chi connectivity index (χ4n) is 3.77. The number of rotatable bonds is 29. The zero-order chi connectivity index (χ0) is 26.7. The van der Waals surface area contributed by atoms with Crippen molar-refractivity contribution in [2.45, 2.75) is 122 Å². The van der Waals surface area contributed by atoms with Crippen LogP contribution in [0.4, 0.5) is 0 Å². The highest BCUT2D eigenvalue weighted by Gasteiger charge is 2.23. The molecule has 36 heavy (non-hydrogen) atoms. The Morgan fingerprint density at radius 1 is 0.750 bits per heavy atom.